The molecule has 0 aliphatic rings. The van der Waals surface area contributed by atoms with Gasteiger partial charge in [-0.25, -0.2) is 15.0 Å². The SMILES string of the molecule is c1ccc(-c2nc(-c3ccc4ccccc4c3)nc(-c3cccc4oc5cc(-c6ccc(N(c7ccccc7)c7ccccc7)cc6)c6ccccc6c5c34)n2)cc1. The van der Waals surface area contributed by atoms with Gasteiger partial charge in [-0.15, -0.1) is 0 Å². The molecule has 11 aromatic rings. The van der Waals surface area contributed by atoms with Gasteiger partial charge in [-0.1, -0.05) is 152 Å². The van der Waals surface area contributed by atoms with E-state index in [1.54, 1.807) is 0 Å². The summed E-state index contributed by atoms with van der Waals surface area (Å²) in [5, 5.41) is 6.56. The van der Waals surface area contributed by atoms with Gasteiger partial charge in [0.25, 0.3) is 0 Å². The third-order valence-corrected chi connectivity index (χ3v) is 10.9. The lowest BCUT2D eigenvalue weighted by atomic mass is 9.93. The molecule has 0 aliphatic heterocycles. The van der Waals surface area contributed by atoms with E-state index in [-0.39, 0.29) is 0 Å². The Kier molecular flexibility index (Phi) is 8.07. The van der Waals surface area contributed by atoms with Crippen LogP contribution in [0.2, 0.25) is 0 Å². The molecule has 0 aliphatic carbocycles. The van der Waals surface area contributed by atoms with Gasteiger partial charge in [-0.2, -0.15) is 0 Å². The second-order valence-electron chi connectivity index (χ2n) is 14.4. The first kappa shape index (κ1) is 33.4. The molecule has 0 bridgehead atoms. The largest absolute Gasteiger partial charge is 0.456 e. The van der Waals surface area contributed by atoms with E-state index in [9.17, 15) is 0 Å². The molecule has 58 heavy (non-hydrogen) atoms. The molecule has 0 amide bonds. The normalized spacial score (nSPS) is 11.4. The number of nitrogens with zero attached hydrogens (tertiary/aromatic N) is 4. The third kappa shape index (κ3) is 5.85. The summed E-state index contributed by atoms with van der Waals surface area (Å²) in [6.45, 7) is 0. The van der Waals surface area contributed by atoms with Crippen molar-refractivity contribution in [2.45, 2.75) is 0 Å². The van der Waals surface area contributed by atoms with Gasteiger partial charge in [0.2, 0.25) is 0 Å². The molecule has 0 saturated heterocycles. The topological polar surface area (TPSA) is 55.1 Å². The summed E-state index contributed by atoms with van der Waals surface area (Å²) in [4.78, 5) is 17.6. The number of rotatable bonds is 7. The smallest absolute Gasteiger partial charge is 0.164 e. The van der Waals surface area contributed by atoms with Crippen LogP contribution in [0.15, 0.2) is 211 Å². The standard InChI is InChI=1S/C53H34N4O/c1-4-16-37(17-5-1)51-54-52(39-28-27-35-15-10-11-18-38(35)33-39)56-53(55-51)45-25-14-26-47-50(45)49-44-24-13-12-23-43(44)46(34-48(49)58-47)36-29-31-42(32-30-36)57(40-19-6-2-7-20-40)41-21-8-3-9-22-41/h1-34H. The highest BCUT2D eigenvalue weighted by atomic mass is 16.3. The second kappa shape index (κ2) is 14.0. The molecule has 11 rings (SSSR count). The van der Waals surface area contributed by atoms with E-state index in [2.05, 4.69) is 157 Å². The van der Waals surface area contributed by atoms with E-state index in [1.165, 1.54) is 5.39 Å². The van der Waals surface area contributed by atoms with Crippen LogP contribution < -0.4 is 4.90 Å². The molecule has 5 nitrogen and oxygen atoms in total. The van der Waals surface area contributed by atoms with Gasteiger partial charge < -0.3 is 9.32 Å². The van der Waals surface area contributed by atoms with Crippen LogP contribution in [0.3, 0.4) is 0 Å². The van der Waals surface area contributed by atoms with Crippen molar-refractivity contribution in [1.82, 2.24) is 15.0 Å². The van der Waals surface area contributed by atoms with E-state index < -0.39 is 0 Å². The molecular weight excluding hydrogens is 709 g/mol. The fourth-order valence-electron chi connectivity index (χ4n) is 8.17. The van der Waals surface area contributed by atoms with Gasteiger partial charge in [-0.05, 0) is 87.3 Å². The summed E-state index contributed by atoms with van der Waals surface area (Å²) in [7, 11) is 0. The monoisotopic (exact) mass is 742 g/mol. The average Bonchev–Trinajstić information content (AvgIpc) is 3.69. The van der Waals surface area contributed by atoms with Crippen LogP contribution in [0.5, 0.6) is 0 Å². The molecule has 5 heteroatoms. The third-order valence-electron chi connectivity index (χ3n) is 10.9. The Morgan fingerprint density at radius 1 is 0.328 bits per heavy atom. The lowest BCUT2D eigenvalue weighted by Crippen LogP contribution is -2.09. The van der Waals surface area contributed by atoms with Crippen molar-refractivity contribution in [3.05, 3.63) is 206 Å². The summed E-state index contributed by atoms with van der Waals surface area (Å²) < 4.78 is 6.76. The molecule has 9 aromatic carbocycles. The Labute approximate surface area is 335 Å². The number of benzene rings is 9. The highest BCUT2D eigenvalue weighted by Crippen LogP contribution is 2.44. The van der Waals surface area contributed by atoms with Crippen molar-refractivity contribution in [3.8, 4) is 45.3 Å². The number of fused-ring (bicyclic) bond motifs is 6. The minimum Gasteiger partial charge on any atom is -0.456 e. The molecule has 272 valence electrons. The molecule has 2 aromatic heterocycles. The number of aromatic nitrogens is 3. The Morgan fingerprint density at radius 2 is 0.897 bits per heavy atom. The van der Waals surface area contributed by atoms with Gasteiger partial charge in [-0.3, -0.25) is 0 Å². The number of hydrogen-bond donors (Lipinski definition) is 0. The molecule has 0 saturated carbocycles. The van der Waals surface area contributed by atoms with E-state index in [0.717, 1.165) is 83.0 Å². The van der Waals surface area contributed by atoms with E-state index in [1.807, 2.05) is 54.6 Å². The van der Waals surface area contributed by atoms with Crippen LogP contribution in [0.1, 0.15) is 0 Å². The maximum absolute atomic E-state index is 6.76. The summed E-state index contributed by atoms with van der Waals surface area (Å²) in [5.41, 5.74) is 9.82. The van der Waals surface area contributed by atoms with Crippen molar-refractivity contribution in [3.63, 3.8) is 0 Å². The zero-order valence-electron chi connectivity index (χ0n) is 31.3. The van der Waals surface area contributed by atoms with Crippen LogP contribution in [0.25, 0.3) is 88.8 Å². The zero-order chi connectivity index (χ0) is 38.4. The average molecular weight is 743 g/mol. The number of para-hydroxylation sites is 2. The Morgan fingerprint density at radius 3 is 1.62 bits per heavy atom. The van der Waals surface area contributed by atoms with Crippen LogP contribution >= 0.6 is 0 Å². The highest BCUT2D eigenvalue weighted by molar-refractivity contribution is 6.25. The molecule has 0 radical (unpaired) electrons. The molecule has 0 spiro atoms. The van der Waals surface area contributed by atoms with Crippen LogP contribution in [-0.2, 0) is 0 Å². The summed E-state index contributed by atoms with van der Waals surface area (Å²) in [5.74, 6) is 1.83. The molecule has 0 fully saturated rings. The zero-order valence-corrected chi connectivity index (χ0v) is 31.3. The maximum atomic E-state index is 6.76. The van der Waals surface area contributed by atoms with Crippen molar-refractivity contribution in [2.24, 2.45) is 0 Å². The Hall–Kier alpha value is -7.89. The Balaban J connectivity index is 1.08. The molecule has 0 unspecified atom stereocenters. The van der Waals surface area contributed by atoms with Gasteiger partial charge in [0.15, 0.2) is 17.5 Å². The summed E-state index contributed by atoms with van der Waals surface area (Å²) in [6.07, 6.45) is 0. The minimum absolute atomic E-state index is 0.593. The number of hydrogen-bond acceptors (Lipinski definition) is 5. The maximum Gasteiger partial charge on any atom is 0.164 e. The van der Waals surface area contributed by atoms with Crippen LogP contribution in [-0.4, -0.2) is 15.0 Å². The predicted octanol–water partition coefficient (Wildman–Crippen LogP) is 14.2. The first-order chi connectivity index (χ1) is 28.7. The molecular formula is C53H34N4O. The van der Waals surface area contributed by atoms with Gasteiger partial charge >= 0.3 is 0 Å². The van der Waals surface area contributed by atoms with Crippen molar-refractivity contribution >= 4 is 60.5 Å². The molecule has 0 N–H and O–H groups in total. The first-order valence-electron chi connectivity index (χ1n) is 19.4. The van der Waals surface area contributed by atoms with Gasteiger partial charge in [0.05, 0.1) is 0 Å². The van der Waals surface area contributed by atoms with Gasteiger partial charge in [0, 0.05) is 44.5 Å². The summed E-state index contributed by atoms with van der Waals surface area (Å²) >= 11 is 0. The highest BCUT2D eigenvalue weighted by Gasteiger charge is 2.21. The second-order valence-corrected chi connectivity index (χ2v) is 14.4. The van der Waals surface area contributed by atoms with E-state index in [4.69, 9.17) is 19.4 Å². The first-order valence-corrected chi connectivity index (χ1v) is 19.4. The Bertz CT molecular complexity index is 3230. The van der Waals surface area contributed by atoms with Crippen molar-refractivity contribution in [2.75, 3.05) is 4.90 Å². The summed E-state index contributed by atoms with van der Waals surface area (Å²) in [6, 6.07) is 71.6. The predicted molar refractivity (Wildman–Crippen MR) is 239 cm³/mol. The van der Waals surface area contributed by atoms with Crippen LogP contribution in [0.4, 0.5) is 17.1 Å². The van der Waals surface area contributed by atoms with Crippen molar-refractivity contribution in [1.29, 1.82) is 0 Å². The lowest BCUT2D eigenvalue weighted by Gasteiger charge is -2.25. The fraction of sp³-hybridized carbons (Fsp3) is 0. The quantitative estimate of drug-likeness (QED) is 0.163. The fourth-order valence-corrected chi connectivity index (χ4v) is 8.17. The number of furan rings is 1. The van der Waals surface area contributed by atoms with Gasteiger partial charge in [0.1, 0.15) is 11.2 Å². The molecule has 2 heterocycles. The van der Waals surface area contributed by atoms with Crippen LogP contribution in [0, 0.1) is 0 Å². The van der Waals surface area contributed by atoms with Crippen molar-refractivity contribution < 1.29 is 4.42 Å². The lowest BCUT2D eigenvalue weighted by molar-refractivity contribution is 0.669. The molecule has 0 atom stereocenters. The van der Waals surface area contributed by atoms with E-state index in [0.29, 0.717) is 17.5 Å². The number of anilines is 3. The minimum atomic E-state index is 0.593. The van der Waals surface area contributed by atoms with E-state index >= 15 is 0 Å².